The fraction of sp³-hybridized carbons (Fsp3) is 0.600. The zero-order valence-electron chi connectivity index (χ0n) is 5.00. The molecule has 0 saturated heterocycles. The number of hydrogen-bond acceptors (Lipinski definition) is 2. The molecule has 0 saturated carbocycles. The molecule has 0 heterocycles. The highest BCUT2D eigenvalue weighted by Crippen LogP contribution is 1.39. The number of allylic oxidation sites excluding steroid dienone is 1. The second-order valence-electron chi connectivity index (χ2n) is 0.855. The Labute approximate surface area is 56.3 Å². The normalized spacial score (nSPS) is 5.38. The van der Waals surface area contributed by atoms with Crippen molar-refractivity contribution in [1.29, 1.82) is 0 Å². The van der Waals surface area contributed by atoms with Gasteiger partial charge in [0.25, 0.3) is 0 Å². The summed E-state index contributed by atoms with van der Waals surface area (Å²) in [5.41, 5.74) is 0. The van der Waals surface area contributed by atoms with E-state index < -0.39 is 0 Å². The maximum absolute atomic E-state index is 7.62. The highest BCUT2D eigenvalue weighted by atomic mass is 35.5. The minimum absolute atomic E-state index is 0. The van der Waals surface area contributed by atoms with Crippen LogP contribution in [0.25, 0.3) is 0 Å². The average Bonchev–Trinajstić information content (AvgIpc) is 1.69. The van der Waals surface area contributed by atoms with E-state index in [-0.39, 0.29) is 25.6 Å². The Morgan fingerprint density at radius 3 is 1.50 bits per heavy atom. The van der Waals surface area contributed by atoms with Gasteiger partial charge in [-0.2, -0.15) is 0 Å². The van der Waals surface area contributed by atoms with Gasteiger partial charge in [0, 0.05) is 0 Å². The van der Waals surface area contributed by atoms with Crippen molar-refractivity contribution in [3.63, 3.8) is 0 Å². The molecule has 0 fully saturated rings. The van der Waals surface area contributed by atoms with Crippen LogP contribution < -0.4 is 0 Å². The van der Waals surface area contributed by atoms with Crippen LogP contribution in [-0.2, 0) is 0 Å². The van der Waals surface area contributed by atoms with E-state index in [0.29, 0.717) is 0 Å². The quantitative estimate of drug-likeness (QED) is 0.524. The SMILES string of the molecule is C=CC.Cl.OCCO. The monoisotopic (exact) mass is 140 g/mol. The van der Waals surface area contributed by atoms with Crippen LogP contribution in [-0.4, -0.2) is 23.4 Å². The van der Waals surface area contributed by atoms with Crippen LogP contribution in [0.5, 0.6) is 0 Å². The molecule has 0 spiro atoms. The molecule has 0 aromatic carbocycles. The van der Waals surface area contributed by atoms with Gasteiger partial charge in [0.2, 0.25) is 0 Å². The minimum Gasteiger partial charge on any atom is -0.394 e. The molecule has 0 unspecified atom stereocenters. The Bertz CT molecular complexity index is 29.6. The number of rotatable bonds is 1. The summed E-state index contributed by atoms with van der Waals surface area (Å²) in [4.78, 5) is 0. The Morgan fingerprint density at radius 1 is 1.38 bits per heavy atom. The van der Waals surface area contributed by atoms with Gasteiger partial charge in [0.15, 0.2) is 0 Å². The fourth-order valence-corrected chi connectivity index (χ4v) is 0. The van der Waals surface area contributed by atoms with Gasteiger partial charge < -0.3 is 10.2 Å². The van der Waals surface area contributed by atoms with E-state index in [4.69, 9.17) is 10.2 Å². The zero-order valence-corrected chi connectivity index (χ0v) is 5.82. The summed E-state index contributed by atoms with van der Waals surface area (Å²) >= 11 is 0. The highest BCUT2D eigenvalue weighted by Gasteiger charge is 1.58. The highest BCUT2D eigenvalue weighted by molar-refractivity contribution is 5.85. The summed E-state index contributed by atoms with van der Waals surface area (Å²) < 4.78 is 0. The number of aliphatic hydroxyl groups is 2. The van der Waals surface area contributed by atoms with Crippen LogP contribution in [0.4, 0.5) is 0 Å². The zero-order chi connectivity index (χ0) is 6.12. The van der Waals surface area contributed by atoms with E-state index in [0.717, 1.165) is 0 Å². The number of hydrogen-bond donors (Lipinski definition) is 2. The van der Waals surface area contributed by atoms with E-state index in [9.17, 15) is 0 Å². The van der Waals surface area contributed by atoms with E-state index in [2.05, 4.69) is 6.58 Å². The lowest BCUT2D eigenvalue weighted by Gasteiger charge is -1.70. The summed E-state index contributed by atoms with van der Waals surface area (Å²) in [5, 5.41) is 15.2. The molecular weight excluding hydrogens is 128 g/mol. The molecule has 0 radical (unpaired) electrons. The summed E-state index contributed by atoms with van der Waals surface area (Å²) in [6.45, 7) is 5.00. The lowest BCUT2D eigenvalue weighted by molar-refractivity contribution is 0.186. The first-order chi connectivity index (χ1) is 3.33. The Kier molecular flexibility index (Phi) is 55.4. The topological polar surface area (TPSA) is 40.5 Å². The first kappa shape index (κ1) is 15.7. The molecule has 0 rings (SSSR count). The molecule has 2 nitrogen and oxygen atoms in total. The standard InChI is InChI=1S/C3H6.C2H6O2.ClH/c1-3-2;3-1-2-4;/h3H,1H2,2H3;3-4H,1-2H2;1H. The van der Waals surface area contributed by atoms with E-state index in [1.54, 1.807) is 6.08 Å². The summed E-state index contributed by atoms with van der Waals surface area (Å²) in [6.07, 6.45) is 1.75. The lowest BCUT2D eigenvalue weighted by atomic mass is 10.8. The summed E-state index contributed by atoms with van der Waals surface area (Å²) in [7, 11) is 0. The van der Waals surface area contributed by atoms with Gasteiger partial charge in [-0.15, -0.1) is 19.0 Å². The van der Waals surface area contributed by atoms with Gasteiger partial charge >= 0.3 is 0 Å². The van der Waals surface area contributed by atoms with Crippen LogP contribution in [0.3, 0.4) is 0 Å². The summed E-state index contributed by atoms with van der Waals surface area (Å²) in [6, 6.07) is 0. The van der Waals surface area contributed by atoms with Gasteiger partial charge in [0.05, 0.1) is 13.2 Å². The third kappa shape index (κ3) is 162. The molecule has 52 valence electrons. The summed E-state index contributed by atoms with van der Waals surface area (Å²) in [5.74, 6) is 0. The molecule has 0 aliphatic heterocycles. The molecule has 0 bridgehead atoms. The first-order valence-electron chi connectivity index (χ1n) is 2.12. The predicted octanol–water partition coefficient (Wildman–Crippen LogP) is 0.585. The van der Waals surface area contributed by atoms with Crippen LogP contribution >= 0.6 is 12.4 Å². The van der Waals surface area contributed by atoms with Crippen molar-refractivity contribution in [3.05, 3.63) is 12.7 Å². The van der Waals surface area contributed by atoms with E-state index in [1.165, 1.54) is 0 Å². The molecule has 0 atom stereocenters. The van der Waals surface area contributed by atoms with Crippen LogP contribution in [0.2, 0.25) is 0 Å². The van der Waals surface area contributed by atoms with Gasteiger partial charge in [-0.3, -0.25) is 0 Å². The van der Waals surface area contributed by atoms with Crippen molar-refractivity contribution >= 4 is 12.4 Å². The Balaban J connectivity index is -0.0000000575. The van der Waals surface area contributed by atoms with E-state index >= 15 is 0 Å². The third-order valence-corrected chi connectivity index (χ3v) is 0.1000. The molecule has 2 N–H and O–H groups in total. The minimum atomic E-state index is -0.125. The molecule has 0 aromatic heterocycles. The van der Waals surface area contributed by atoms with Gasteiger partial charge in [0.1, 0.15) is 0 Å². The first-order valence-corrected chi connectivity index (χ1v) is 2.12. The van der Waals surface area contributed by atoms with Crippen molar-refractivity contribution in [2.75, 3.05) is 13.2 Å². The molecule has 0 aromatic rings. The van der Waals surface area contributed by atoms with Gasteiger partial charge in [-0.05, 0) is 6.92 Å². The average molecular weight is 141 g/mol. The molecular formula is C5H13ClO2. The lowest BCUT2D eigenvalue weighted by Crippen LogP contribution is -1.85. The second-order valence-corrected chi connectivity index (χ2v) is 0.855. The second kappa shape index (κ2) is 28.3. The van der Waals surface area contributed by atoms with Crippen LogP contribution in [0.15, 0.2) is 12.7 Å². The van der Waals surface area contributed by atoms with Crippen molar-refractivity contribution < 1.29 is 10.2 Å². The smallest absolute Gasteiger partial charge is 0.0662 e. The van der Waals surface area contributed by atoms with Crippen LogP contribution in [0.1, 0.15) is 6.92 Å². The molecule has 0 aliphatic carbocycles. The Hall–Kier alpha value is -0.0500. The van der Waals surface area contributed by atoms with Crippen molar-refractivity contribution in [2.24, 2.45) is 0 Å². The largest absolute Gasteiger partial charge is 0.394 e. The van der Waals surface area contributed by atoms with Crippen molar-refractivity contribution in [2.45, 2.75) is 6.92 Å². The fourth-order valence-electron chi connectivity index (χ4n) is 0. The molecule has 0 aliphatic rings. The predicted molar refractivity (Wildman–Crippen MR) is 37.3 cm³/mol. The number of aliphatic hydroxyl groups excluding tert-OH is 2. The maximum Gasteiger partial charge on any atom is 0.0662 e. The molecule has 3 heteroatoms. The van der Waals surface area contributed by atoms with Crippen molar-refractivity contribution in [3.8, 4) is 0 Å². The molecule has 0 amide bonds. The van der Waals surface area contributed by atoms with E-state index in [1.807, 2.05) is 6.92 Å². The van der Waals surface area contributed by atoms with Crippen LogP contribution in [0, 0.1) is 0 Å². The van der Waals surface area contributed by atoms with Gasteiger partial charge in [-0.25, -0.2) is 0 Å². The number of halogens is 1. The third-order valence-electron chi connectivity index (χ3n) is 0.1000. The van der Waals surface area contributed by atoms with Crippen molar-refractivity contribution in [1.82, 2.24) is 0 Å². The maximum atomic E-state index is 7.62. The Morgan fingerprint density at radius 2 is 1.50 bits per heavy atom. The molecule has 8 heavy (non-hydrogen) atoms. The van der Waals surface area contributed by atoms with Gasteiger partial charge in [-0.1, -0.05) is 6.08 Å².